The summed E-state index contributed by atoms with van der Waals surface area (Å²) in [5.41, 5.74) is 1.73. The van der Waals surface area contributed by atoms with Crippen LogP contribution in [0.4, 0.5) is 5.69 Å². The number of hydrogen-bond donors (Lipinski definition) is 2. The zero-order chi connectivity index (χ0) is 17.2. The number of ether oxygens (including phenoxy) is 1. The highest BCUT2D eigenvalue weighted by atomic mass is 32.1. The zero-order valence-electron chi connectivity index (χ0n) is 13.7. The van der Waals surface area contributed by atoms with E-state index in [1.165, 1.54) is 0 Å². The maximum Gasteiger partial charge on any atom is 0.230 e. The Labute approximate surface area is 148 Å². The average molecular weight is 342 g/mol. The minimum absolute atomic E-state index is 0.144. The number of carbonyl (C=O) groups is 1. The summed E-state index contributed by atoms with van der Waals surface area (Å²) in [6, 6.07) is 17.1. The van der Waals surface area contributed by atoms with Crippen molar-refractivity contribution < 1.29 is 9.53 Å². The van der Waals surface area contributed by atoms with Crippen molar-refractivity contribution in [2.75, 3.05) is 11.9 Å². The summed E-state index contributed by atoms with van der Waals surface area (Å²) in [5, 5.41) is 5.98. The molecule has 4 nitrogen and oxygen atoms in total. The molecule has 0 radical (unpaired) electrons. The van der Waals surface area contributed by atoms with Crippen LogP contribution in [0.5, 0.6) is 5.75 Å². The monoisotopic (exact) mass is 342 g/mol. The quantitative estimate of drug-likeness (QED) is 0.591. The van der Waals surface area contributed by atoms with Gasteiger partial charge in [0.25, 0.3) is 0 Å². The van der Waals surface area contributed by atoms with Gasteiger partial charge in [0.1, 0.15) is 5.75 Å². The van der Waals surface area contributed by atoms with Crippen LogP contribution in [0.1, 0.15) is 25.3 Å². The fourth-order valence-corrected chi connectivity index (χ4v) is 2.34. The van der Waals surface area contributed by atoms with Crippen LogP contribution in [0.15, 0.2) is 54.6 Å². The van der Waals surface area contributed by atoms with E-state index >= 15 is 0 Å². The van der Waals surface area contributed by atoms with Crippen molar-refractivity contribution in [2.24, 2.45) is 0 Å². The van der Waals surface area contributed by atoms with Gasteiger partial charge in [-0.2, -0.15) is 0 Å². The molecule has 0 aromatic heterocycles. The molecule has 0 fully saturated rings. The lowest BCUT2D eigenvalue weighted by Gasteiger charge is -2.11. The van der Waals surface area contributed by atoms with Gasteiger partial charge in [-0.1, -0.05) is 49.7 Å². The highest BCUT2D eigenvalue weighted by molar-refractivity contribution is 7.80. The molecule has 0 bridgehead atoms. The van der Waals surface area contributed by atoms with Crippen LogP contribution >= 0.6 is 12.2 Å². The smallest absolute Gasteiger partial charge is 0.230 e. The van der Waals surface area contributed by atoms with E-state index in [2.05, 4.69) is 17.6 Å². The summed E-state index contributed by atoms with van der Waals surface area (Å²) in [6.07, 6.45) is 2.41. The number of anilines is 1. The molecule has 0 aliphatic carbocycles. The van der Waals surface area contributed by atoms with E-state index in [0.29, 0.717) is 13.0 Å². The normalized spacial score (nSPS) is 10.0. The summed E-state index contributed by atoms with van der Waals surface area (Å²) >= 11 is 5.19. The van der Waals surface area contributed by atoms with Crippen LogP contribution in [-0.2, 0) is 11.2 Å². The van der Waals surface area contributed by atoms with Crippen molar-refractivity contribution in [2.45, 2.75) is 26.2 Å². The van der Waals surface area contributed by atoms with Crippen LogP contribution < -0.4 is 15.4 Å². The van der Waals surface area contributed by atoms with E-state index in [-0.39, 0.29) is 11.0 Å². The molecule has 24 heavy (non-hydrogen) atoms. The fraction of sp³-hybridized carbons (Fsp3) is 0.263. The predicted molar refractivity (Wildman–Crippen MR) is 101 cm³/mol. The van der Waals surface area contributed by atoms with Crippen molar-refractivity contribution >= 4 is 28.9 Å². The first-order valence-corrected chi connectivity index (χ1v) is 8.46. The summed E-state index contributed by atoms with van der Waals surface area (Å²) < 4.78 is 5.66. The average Bonchev–Trinajstić information content (AvgIpc) is 2.56. The lowest BCUT2D eigenvalue weighted by atomic mass is 10.1. The topological polar surface area (TPSA) is 50.4 Å². The summed E-state index contributed by atoms with van der Waals surface area (Å²) in [5.74, 6) is 0.640. The second-order valence-electron chi connectivity index (χ2n) is 5.39. The van der Waals surface area contributed by atoms with Gasteiger partial charge in [-0.25, -0.2) is 0 Å². The van der Waals surface area contributed by atoms with Crippen molar-refractivity contribution in [1.82, 2.24) is 5.32 Å². The molecule has 2 N–H and O–H groups in total. The molecule has 5 heteroatoms. The molecule has 0 spiro atoms. The standard InChI is InChI=1S/C19H22N2O2S/c1-2-3-12-23-17-11-7-10-16(14-17)20-19(24)21-18(22)13-15-8-5-4-6-9-15/h4-11,14H,2-3,12-13H2,1H3,(H2,20,21,22,24). The van der Waals surface area contributed by atoms with Crippen LogP contribution in [0, 0.1) is 0 Å². The third-order valence-corrected chi connectivity index (χ3v) is 3.52. The molecular weight excluding hydrogens is 320 g/mol. The fourth-order valence-electron chi connectivity index (χ4n) is 2.11. The Balaban J connectivity index is 1.83. The van der Waals surface area contributed by atoms with E-state index in [9.17, 15) is 4.79 Å². The van der Waals surface area contributed by atoms with Crippen LogP contribution in [0.3, 0.4) is 0 Å². The Morgan fingerprint density at radius 1 is 1.12 bits per heavy atom. The van der Waals surface area contributed by atoms with Gasteiger partial charge in [0.2, 0.25) is 5.91 Å². The number of carbonyl (C=O) groups excluding carboxylic acids is 1. The first-order chi connectivity index (χ1) is 11.7. The third kappa shape index (κ3) is 6.38. The Morgan fingerprint density at radius 2 is 1.92 bits per heavy atom. The van der Waals surface area contributed by atoms with E-state index in [0.717, 1.165) is 29.8 Å². The SMILES string of the molecule is CCCCOc1cccc(NC(=S)NC(=O)Cc2ccccc2)c1. The lowest BCUT2D eigenvalue weighted by Crippen LogP contribution is -2.35. The second-order valence-corrected chi connectivity index (χ2v) is 5.80. The minimum atomic E-state index is -0.144. The molecule has 0 saturated heterocycles. The molecule has 0 aliphatic rings. The largest absolute Gasteiger partial charge is 0.494 e. The summed E-state index contributed by atoms with van der Waals surface area (Å²) in [4.78, 5) is 12.0. The summed E-state index contributed by atoms with van der Waals surface area (Å²) in [6.45, 7) is 2.82. The van der Waals surface area contributed by atoms with Gasteiger partial charge in [0, 0.05) is 11.8 Å². The van der Waals surface area contributed by atoms with Gasteiger partial charge in [0.05, 0.1) is 13.0 Å². The van der Waals surface area contributed by atoms with Crippen LogP contribution in [0.25, 0.3) is 0 Å². The molecule has 0 saturated carbocycles. The Bertz CT molecular complexity index is 674. The van der Waals surface area contributed by atoms with Gasteiger partial charge in [-0.05, 0) is 36.3 Å². The maximum atomic E-state index is 12.0. The number of amides is 1. The van der Waals surface area contributed by atoms with Gasteiger partial charge in [0.15, 0.2) is 5.11 Å². The van der Waals surface area contributed by atoms with E-state index in [4.69, 9.17) is 17.0 Å². The third-order valence-electron chi connectivity index (χ3n) is 3.32. The van der Waals surface area contributed by atoms with Crippen molar-refractivity contribution in [3.63, 3.8) is 0 Å². The molecule has 0 atom stereocenters. The van der Waals surface area contributed by atoms with Gasteiger partial charge < -0.3 is 15.4 Å². The molecule has 1 amide bonds. The number of nitrogens with one attached hydrogen (secondary N) is 2. The van der Waals surface area contributed by atoms with Crippen LogP contribution in [0.2, 0.25) is 0 Å². The number of rotatable bonds is 7. The minimum Gasteiger partial charge on any atom is -0.494 e. The van der Waals surface area contributed by atoms with Gasteiger partial charge in [-0.3, -0.25) is 4.79 Å². The van der Waals surface area contributed by atoms with Crippen LogP contribution in [-0.4, -0.2) is 17.6 Å². The Morgan fingerprint density at radius 3 is 2.67 bits per heavy atom. The van der Waals surface area contributed by atoms with E-state index < -0.39 is 0 Å². The van der Waals surface area contributed by atoms with Crippen molar-refractivity contribution in [3.8, 4) is 5.75 Å². The molecule has 0 heterocycles. The molecule has 0 aliphatic heterocycles. The number of unbranched alkanes of at least 4 members (excludes halogenated alkanes) is 1. The highest BCUT2D eigenvalue weighted by Gasteiger charge is 2.06. The van der Waals surface area contributed by atoms with Crippen molar-refractivity contribution in [1.29, 1.82) is 0 Å². The van der Waals surface area contributed by atoms with E-state index in [1.54, 1.807) is 0 Å². The maximum absolute atomic E-state index is 12.0. The molecule has 2 rings (SSSR count). The number of hydrogen-bond acceptors (Lipinski definition) is 3. The van der Waals surface area contributed by atoms with Gasteiger partial charge in [-0.15, -0.1) is 0 Å². The van der Waals surface area contributed by atoms with Gasteiger partial charge >= 0.3 is 0 Å². The molecular formula is C19H22N2O2S. The molecule has 126 valence electrons. The Hall–Kier alpha value is -2.40. The number of benzene rings is 2. The zero-order valence-corrected chi connectivity index (χ0v) is 14.6. The lowest BCUT2D eigenvalue weighted by molar-refractivity contribution is -0.119. The predicted octanol–water partition coefficient (Wildman–Crippen LogP) is 3.92. The Kier molecular flexibility index (Phi) is 7.23. The first kappa shape index (κ1) is 17.9. The first-order valence-electron chi connectivity index (χ1n) is 8.05. The molecule has 2 aromatic carbocycles. The van der Waals surface area contributed by atoms with Crippen molar-refractivity contribution in [3.05, 3.63) is 60.2 Å². The molecule has 0 unspecified atom stereocenters. The second kappa shape index (κ2) is 9.67. The van der Waals surface area contributed by atoms with E-state index in [1.807, 2.05) is 54.6 Å². The molecule has 2 aromatic rings. The summed E-state index contributed by atoms with van der Waals surface area (Å²) in [7, 11) is 0. The number of thiocarbonyl (C=S) groups is 1. The highest BCUT2D eigenvalue weighted by Crippen LogP contribution is 2.17.